The molecule has 0 saturated heterocycles. The van der Waals surface area contributed by atoms with Crippen molar-refractivity contribution < 1.29 is 14.1 Å². The molecule has 1 N–H and O–H groups in total. The highest BCUT2D eigenvalue weighted by molar-refractivity contribution is 9.10. The molecule has 0 saturated carbocycles. The number of amidine groups is 1. The van der Waals surface area contributed by atoms with Crippen LogP contribution in [0.3, 0.4) is 0 Å². The summed E-state index contributed by atoms with van der Waals surface area (Å²) >= 11 is 4.93. The summed E-state index contributed by atoms with van der Waals surface area (Å²) in [5.41, 5.74) is 0.395. The van der Waals surface area contributed by atoms with Gasteiger partial charge in [-0.3, -0.25) is 25.2 Å². The van der Waals surface area contributed by atoms with E-state index in [9.17, 15) is 14.9 Å². The maximum atomic E-state index is 13.0. The molecule has 1 unspecified atom stereocenters. The number of furan rings is 1. The van der Waals surface area contributed by atoms with Crippen molar-refractivity contribution in [3.63, 3.8) is 0 Å². The fourth-order valence-corrected chi connectivity index (χ4v) is 4.39. The third kappa shape index (κ3) is 4.57. The Morgan fingerprint density at radius 2 is 2.23 bits per heavy atom. The maximum Gasteiger partial charge on any atom is 0.433 e. The number of unbranched alkanes of at least 4 members (excludes halogenated alkanes) is 1. The normalized spacial score (nSPS) is 17.7. The van der Waals surface area contributed by atoms with E-state index in [1.165, 1.54) is 23.9 Å². The first-order chi connectivity index (χ1) is 15.0. The molecular weight excluding hydrogens is 486 g/mol. The number of rotatable bonds is 6. The van der Waals surface area contributed by atoms with E-state index >= 15 is 0 Å². The predicted molar refractivity (Wildman–Crippen MR) is 121 cm³/mol. The van der Waals surface area contributed by atoms with E-state index in [0.29, 0.717) is 27.2 Å². The molecular formula is C20H18BrN5O4S. The van der Waals surface area contributed by atoms with Crippen LogP contribution in [-0.4, -0.2) is 32.9 Å². The molecule has 1 aromatic heterocycles. The Balaban J connectivity index is 1.74. The summed E-state index contributed by atoms with van der Waals surface area (Å²) in [4.78, 5) is 28.0. The van der Waals surface area contributed by atoms with Gasteiger partial charge in [-0.25, -0.2) is 5.01 Å². The molecule has 1 amide bonds. The van der Waals surface area contributed by atoms with Gasteiger partial charge in [-0.2, -0.15) is 0 Å². The number of halogens is 1. The molecule has 2 aliphatic rings. The lowest BCUT2D eigenvalue weighted by atomic mass is 10.1. The minimum atomic E-state index is -0.611. The van der Waals surface area contributed by atoms with Gasteiger partial charge >= 0.3 is 5.88 Å². The molecule has 1 aromatic carbocycles. The smallest absolute Gasteiger partial charge is 0.401 e. The van der Waals surface area contributed by atoms with Gasteiger partial charge < -0.3 is 4.42 Å². The van der Waals surface area contributed by atoms with Gasteiger partial charge in [0.05, 0.1) is 11.4 Å². The first kappa shape index (κ1) is 21.3. The van der Waals surface area contributed by atoms with E-state index in [1.54, 1.807) is 17.2 Å². The molecule has 0 fully saturated rings. The number of carbonyl (C=O) groups is 1. The Morgan fingerprint density at radius 3 is 2.97 bits per heavy atom. The Morgan fingerprint density at radius 1 is 1.39 bits per heavy atom. The first-order valence-corrected chi connectivity index (χ1v) is 11.4. The van der Waals surface area contributed by atoms with Crippen LogP contribution in [0.4, 0.5) is 5.88 Å². The van der Waals surface area contributed by atoms with Crippen molar-refractivity contribution in [2.75, 3.05) is 5.75 Å². The highest BCUT2D eigenvalue weighted by Gasteiger charge is 2.32. The van der Waals surface area contributed by atoms with Gasteiger partial charge in [-0.05, 0) is 42.8 Å². The van der Waals surface area contributed by atoms with Crippen molar-refractivity contribution in [3.8, 4) is 0 Å². The SMILES string of the molecule is CCCCSC1=NN2C(=c3cc(Br)ccc3=NC2/C=C/c2ccc([N+](=O)[O-])o2)C(=O)N1. The average molecular weight is 504 g/mol. The van der Waals surface area contributed by atoms with Crippen LogP contribution < -0.4 is 15.9 Å². The van der Waals surface area contributed by atoms with Crippen molar-refractivity contribution in [2.24, 2.45) is 10.1 Å². The number of nitrogens with one attached hydrogen (secondary N) is 1. The highest BCUT2D eigenvalue weighted by Crippen LogP contribution is 2.23. The van der Waals surface area contributed by atoms with Gasteiger partial charge in [-0.15, -0.1) is 5.10 Å². The summed E-state index contributed by atoms with van der Waals surface area (Å²) in [5, 5.41) is 21.8. The predicted octanol–water partition coefficient (Wildman–Crippen LogP) is 2.97. The van der Waals surface area contributed by atoms with Crippen molar-refractivity contribution in [2.45, 2.75) is 25.9 Å². The molecule has 0 spiro atoms. The fraction of sp³-hybridized carbons (Fsp3) is 0.250. The van der Waals surface area contributed by atoms with E-state index in [2.05, 4.69) is 33.3 Å². The van der Waals surface area contributed by atoms with Gasteiger partial charge in [0.15, 0.2) is 11.3 Å². The Kier molecular flexibility index (Phi) is 6.23. The zero-order valence-corrected chi connectivity index (χ0v) is 18.9. The van der Waals surface area contributed by atoms with Gasteiger partial charge in [0, 0.05) is 15.4 Å². The Bertz CT molecular complexity index is 1220. The molecule has 11 heteroatoms. The molecule has 0 bridgehead atoms. The van der Waals surface area contributed by atoms with Crippen LogP contribution in [0.15, 0.2) is 55.4 Å². The number of amides is 1. The number of nitrogens with zero attached hydrogens (tertiary/aromatic N) is 4. The summed E-state index contributed by atoms with van der Waals surface area (Å²) < 4.78 is 6.01. The number of hydrogen-bond donors (Lipinski definition) is 1. The number of nitro groups is 1. The lowest BCUT2D eigenvalue weighted by molar-refractivity contribution is -0.402. The number of thioether (sulfide) groups is 1. The molecule has 3 heterocycles. The van der Waals surface area contributed by atoms with Crippen molar-refractivity contribution >= 4 is 56.4 Å². The molecule has 1 atom stereocenters. The third-order valence-electron chi connectivity index (χ3n) is 4.56. The van der Waals surface area contributed by atoms with Gasteiger partial charge in [0.25, 0.3) is 5.91 Å². The van der Waals surface area contributed by atoms with Crippen LogP contribution in [-0.2, 0) is 4.79 Å². The summed E-state index contributed by atoms with van der Waals surface area (Å²) in [6.07, 6.45) is 4.74. The monoisotopic (exact) mass is 503 g/mol. The standard InChI is InChI=1S/C20H18BrN5O4S/c1-2-3-10-31-20-23-19(27)18-14-11-12(21)4-7-15(14)22-16(25(18)24-20)8-5-13-6-9-17(30-13)26(28)29/h4-9,11,16H,2-3,10H2,1H3,(H,23,24,27)/b8-5+. The molecule has 31 heavy (non-hydrogen) atoms. The minimum absolute atomic E-state index is 0.254. The van der Waals surface area contributed by atoms with Crippen molar-refractivity contribution in [1.29, 1.82) is 0 Å². The number of hydrazone groups is 1. The third-order valence-corrected chi connectivity index (χ3v) is 6.00. The molecule has 0 radical (unpaired) electrons. The first-order valence-electron chi connectivity index (χ1n) is 9.58. The zero-order valence-electron chi connectivity index (χ0n) is 16.4. The second kappa shape index (κ2) is 9.06. The van der Waals surface area contributed by atoms with E-state index in [1.807, 2.05) is 18.2 Å². The molecule has 2 aliphatic heterocycles. The van der Waals surface area contributed by atoms with Crippen LogP contribution in [0.2, 0.25) is 0 Å². The molecule has 2 aromatic rings. The molecule has 9 nitrogen and oxygen atoms in total. The Hall–Kier alpha value is -2.92. The largest absolute Gasteiger partial charge is 0.433 e. The van der Waals surface area contributed by atoms with Crippen LogP contribution in [0.5, 0.6) is 0 Å². The number of benzene rings is 1. The summed E-state index contributed by atoms with van der Waals surface area (Å²) in [6.45, 7) is 2.10. The fourth-order valence-electron chi connectivity index (χ4n) is 3.09. The Labute approximate surface area is 189 Å². The zero-order chi connectivity index (χ0) is 22.0. The van der Waals surface area contributed by atoms with Crippen molar-refractivity contribution in [3.05, 3.63) is 67.3 Å². The summed E-state index contributed by atoms with van der Waals surface area (Å²) in [5.74, 6) is 0.560. The van der Waals surface area contributed by atoms with E-state index in [-0.39, 0.29) is 11.8 Å². The lowest BCUT2D eigenvalue weighted by Crippen LogP contribution is -2.52. The maximum absolute atomic E-state index is 13.0. The molecule has 160 valence electrons. The summed E-state index contributed by atoms with van der Waals surface area (Å²) in [6, 6.07) is 8.31. The van der Waals surface area contributed by atoms with E-state index < -0.39 is 11.1 Å². The molecule has 0 aliphatic carbocycles. The quantitative estimate of drug-likeness (QED) is 0.368. The van der Waals surface area contributed by atoms with Gasteiger partial charge in [0.1, 0.15) is 16.4 Å². The minimum Gasteiger partial charge on any atom is -0.401 e. The summed E-state index contributed by atoms with van der Waals surface area (Å²) in [7, 11) is 0. The van der Waals surface area contributed by atoms with E-state index in [4.69, 9.17) is 9.41 Å². The number of fused-ring (bicyclic) bond motifs is 2. The highest BCUT2D eigenvalue weighted by atomic mass is 79.9. The molecule has 4 rings (SSSR count). The van der Waals surface area contributed by atoms with Gasteiger partial charge in [-0.1, -0.05) is 41.0 Å². The van der Waals surface area contributed by atoms with Crippen LogP contribution >= 0.6 is 27.7 Å². The van der Waals surface area contributed by atoms with Crippen LogP contribution in [0.1, 0.15) is 25.5 Å². The number of hydrogen-bond acceptors (Lipinski definition) is 8. The van der Waals surface area contributed by atoms with Crippen LogP contribution in [0.25, 0.3) is 11.8 Å². The van der Waals surface area contributed by atoms with Gasteiger partial charge in [0.2, 0.25) is 0 Å². The topological polar surface area (TPSA) is 113 Å². The second-order valence-corrected chi connectivity index (χ2v) is 8.75. The van der Waals surface area contributed by atoms with E-state index in [0.717, 1.165) is 23.1 Å². The second-order valence-electron chi connectivity index (χ2n) is 6.75. The van der Waals surface area contributed by atoms with Crippen molar-refractivity contribution in [1.82, 2.24) is 10.3 Å². The van der Waals surface area contributed by atoms with Crippen LogP contribution in [0, 0.1) is 10.1 Å². The number of carbonyl (C=O) groups excluding carboxylic acids is 1. The lowest BCUT2D eigenvalue weighted by Gasteiger charge is -2.32. The average Bonchev–Trinajstić information content (AvgIpc) is 3.21.